The highest BCUT2D eigenvalue weighted by atomic mass is 32.1. The van der Waals surface area contributed by atoms with Crippen LogP contribution in [0.3, 0.4) is 0 Å². The standard InChI is InChI=1S/C24H23N5OS/c1-27(18-8-3-2-4-9-18)21-12-6-5-10-19(21)23(30)28-14-16-29(17-15-28)24-26-20-11-7-13-25-22(20)31-24/h2-13H,14-17H2,1H3. The lowest BCUT2D eigenvalue weighted by Gasteiger charge is -2.35. The number of piperazine rings is 1. The molecular formula is C24H23N5OS. The predicted octanol–water partition coefficient (Wildman–Crippen LogP) is 4.42. The maximum absolute atomic E-state index is 13.4. The van der Waals surface area contributed by atoms with Gasteiger partial charge in [0.2, 0.25) is 0 Å². The van der Waals surface area contributed by atoms with Gasteiger partial charge in [0, 0.05) is 45.1 Å². The van der Waals surface area contributed by atoms with Crippen molar-refractivity contribution in [3.8, 4) is 0 Å². The van der Waals surface area contributed by atoms with Crippen molar-refractivity contribution in [3.05, 3.63) is 78.5 Å². The number of hydrogen-bond acceptors (Lipinski definition) is 6. The zero-order valence-corrected chi connectivity index (χ0v) is 18.1. The van der Waals surface area contributed by atoms with Gasteiger partial charge >= 0.3 is 0 Å². The van der Waals surface area contributed by atoms with Crippen LogP contribution >= 0.6 is 11.3 Å². The first kappa shape index (κ1) is 19.5. The lowest BCUT2D eigenvalue weighted by Crippen LogP contribution is -2.49. The molecule has 0 bridgehead atoms. The number of pyridine rings is 1. The summed E-state index contributed by atoms with van der Waals surface area (Å²) in [4.78, 5) is 29.7. The summed E-state index contributed by atoms with van der Waals surface area (Å²) in [5.41, 5.74) is 3.63. The molecule has 6 nitrogen and oxygen atoms in total. The van der Waals surface area contributed by atoms with E-state index < -0.39 is 0 Å². The number of fused-ring (bicyclic) bond motifs is 1. The maximum Gasteiger partial charge on any atom is 0.256 e. The highest BCUT2D eigenvalue weighted by molar-refractivity contribution is 7.21. The number of aromatic nitrogens is 2. The van der Waals surface area contributed by atoms with Gasteiger partial charge in [0.05, 0.1) is 11.3 Å². The Hall–Kier alpha value is -3.45. The monoisotopic (exact) mass is 429 g/mol. The van der Waals surface area contributed by atoms with Crippen molar-refractivity contribution in [3.63, 3.8) is 0 Å². The summed E-state index contributed by atoms with van der Waals surface area (Å²) in [7, 11) is 2.00. The summed E-state index contributed by atoms with van der Waals surface area (Å²) in [5.74, 6) is 0.0731. The van der Waals surface area contributed by atoms with Crippen molar-refractivity contribution < 1.29 is 4.79 Å². The lowest BCUT2D eigenvalue weighted by molar-refractivity contribution is 0.0747. The topological polar surface area (TPSA) is 52.6 Å². The van der Waals surface area contributed by atoms with Crippen LogP contribution in [0.5, 0.6) is 0 Å². The normalized spacial score (nSPS) is 14.1. The summed E-state index contributed by atoms with van der Waals surface area (Å²) in [6, 6.07) is 21.8. The zero-order chi connectivity index (χ0) is 21.2. The Kier molecular flexibility index (Phi) is 5.26. The highest BCUT2D eigenvalue weighted by Gasteiger charge is 2.26. The SMILES string of the molecule is CN(c1ccccc1)c1ccccc1C(=O)N1CCN(c2nc3cccnc3s2)CC1. The molecule has 0 radical (unpaired) electrons. The van der Waals surface area contributed by atoms with Crippen LogP contribution in [0.4, 0.5) is 16.5 Å². The Balaban J connectivity index is 1.32. The molecule has 2 aromatic heterocycles. The molecule has 0 atom stereocenters. The smallest absolute Gasteiger partial charge is 0.256 e. The maximum atomic E-state index is 13.4. The van der Waals surface area contributed by atoms with Crippen molar-refractivity contribution in [2.75, 3.05) is 43.0 Å². The number of benzene rings is 2. The molecule has 1 amide bonds. The number of carbonyl (C=O) groups is 1. The lowest BCUT2D eigenvalue weighted by atomic mass is 10.1. The fourth-order valence-electron chi connectivity index (χ4n) is 3.90. The third-order valence-corrected chi connectivity index (χ3v) is 6.67. The third kappa shape index (κ3) is 3.84. The summed E-state index contributed by atoms with van der Waals surface area (Å²) in [6.45, 7) is 2.88. The van der Waals surface area contributed by atoms with Crippen LogP contribution in [-0.4, -0.2) is 54.0 Å². The van der Waals surface area contributed by atoms with Crippen LogP contribution in [-0.2, 0) is 0 Å². The molecule has 4 aromatic rings. The molecule has 0 spiro atoms. The molecule has 1 saturated heterocycles. The summed E-state index contributed by atoms with van der Waals surface area (Å²) in [6.07, 6.45) is 1.80. The molecule has 0 N–H and O–H groups in total. The second-order valence-electron chi connectivity index (χ2n) is 7.52. The molecule has 1 aliphatic heterocycles. The number of thiazole rings is 1. The first-order valence-corrected chi connectivity index (χ1v) is 11.2. The molecule has 7 heteroatoms. The van der Waals surface area contributed by atoms with Gasteiger partial charge in [-0.2, -0.15) is 0 Å². The summed E-state index contributed by atoms with van der Waals surface area (Å²) < 4.78 is 0. The molecule has 1 aliphatic rings. The zero-order valence-electron chi connectivity index (χ0n) is 17.3. The van der Waals surface area contributed by atoms with Crippen molar-refractivity contribution in [1.82, 2.24) is 14.9 Å². The molecule has 2 aromatic carbocycles. The second kappa shape index (κ2) is 8.35. The highest BCUT2D eigenvalue weighted by Crippen LogP contribution is 2.30. The number of amides is 1. The molecule has 31 heavy (non-hydrogen) atoms. The molecule has 0 unspecified atom stereocenters. The fourth-order valence-corrected chi connectivity index (χ4v) is 4.86. The molecular weight excluding hydrogens is 406 g/mol. The van der Waals surface area contributed by atoms with Gasteiger partial charge in [-0.05, 0) is 36.4 Å². The van der Waals surface area contributed by atoms with Gasteiger partial charge in [-0.3, -0.25) is 4.79 Å². The minimum atomic E-state index is 0.0731. The van der Waals surface area contributed by atoms with E-state index in [9.17, 15) is 4.79 Å². The van der Waals surface area contributed by atoms with E-state index in [1.54, 1.807) is 17.5 Å². The molecule has 3 heterocycles. The molecule has 0 saturated carbocycles. The van der Waals surface area contributed by atoms with E-state index >= 15 is 0 Å². The van der Waals surface area contributed by atoms with Crippen LogP contribution in [0.15, 0.2) is 72.9 Å². The van der Waals surface area contributed by atoms with E-state index in [0.29, 0.717) is 13.1 Å². The van der Waals surface area contributed by atoms with Crippen LogP contribution in [0.2, 0.25) is 0 Å². The molecule has 5 rings (SSSR count). The fraction of sp³-hybridized carbons (Fsp3) is 0.208. The van der Waals surface area contributed by atoms with Crippen LogP contribution in [0.25, 0.3) is 10.3 Å². The van der Waals surface area contributed by atoms with E-state index in [1.165, 1.54) is 0 Å². The van der Waals surface area contributed by atoms with Crippen molar-refractivity contribution in [2.45, 2.75) is 0 Å². The number of hydrogen-bond donors (Lipinski definition) is 0. The first-order valence-electron chi connectivity index (χ1n) is 10.3. The van der Waals surface area contributed by atoms with E-state index in [1.807, 2.05) is 78.7 Å². The average Bonchev–Trinajstić information content (AvgIpc) is 3.28. The van der Waals surface area contributed by atoms with Gasteiger partial charge in [0.15, 0.2) is 5.13 Å². The molecule has 1 fully saturated rings. The number of para-hydroxylation sites is 2. The van der Waals surface area contributed by atoms with Gasteiger partial charge in [0.1, 0.15) is 10.3 Å². The first-order chi connectivity index (χ1) is 15.2. The van der Waals surface area contributed by atoms with E-state index in [4.69, 9.17) is 4.98 Å². The Morgan fingerprint density at radius 1 is 0.935 bits per heavy atom. The summed E-state index contributed by atoms with van der Waals surface area (Å²) >= 11 is 1.61. The minimum absolute atomic E-state index is 0.0731. The quantitative estimate of drug-likeness (QED) is 0.481. The van der Waals surface area contributed by atoms with Crippen molar-refractivity contribution in [2.24, 2.45) is 0 Å². The minimum Gasteiger partial charge on any atom is -0.344 e. The predicted molar refractivity (Wildman–Crippen MR) is 126 cm³/mol. The molecule has 0 aliphatic carbocycles. The van der Waals surface area contributed by atoms with Gasteiger partial charge < -0.3 is 14.7 Å². The van der Waals surface area contributed by atoms with Gasteiger partial charge in [-0.15, -0.1) is 0 Å². The Labute approximate surface area is 185 Å². The number of anilines is 3. The van der Waals surface area contributed by atoms with Crippen LogP contribution < -0.4 is 9.80 Å². The average molecular weight is 430 g/mol. The van der Waals surface area contributed by atoms with Crippen molar-refractivity contribution >= 4 is 44.1 Å². The van der Waals surface area contributed by atoms with Crippen LogP contribution in [0, 0.1) is 0 Å². The van der Waals surface area contributed by atoms with E-state index in [2.05, 4.69) is 14.8 Å². The number of carbonyl (C=O) groups excluding carboxylic acids is 1. The second-order valence-corrected chi connectivity index (χ2v) is 8.47. The Bertz CT molecular complexity index is 1170. The Morgan fingerprint density at radius 3 is 2.45 bits per heavy atom. The molecule has 156 valence electrons. The van der Waals surface area contributed by atoms with Crippen LogP contribution in [0.1, 0.15) is 10.4 Å². The largest absolute Gasteiger partial charge is 0.344 e. The van der Waals surface area contributed by atoms with Crippen molar-refractivity contribution in [1.29, 1.82) is 0 Å². The number of nitrogens with zero attached hydrogens (tertiary/aromatic N) is 5. The summed E-state index contributed by atoms with van der Waals surface area (Å²) in [5, 5.41) is 0.977. The van der Waals surface area contributed by atoms with E-state index in [-0.39, 0.29) is 5.91 Å². The third-order valence-electron chi connectivity index (χ3n) is 5.63. The Morgan fingerprint density at radius 2 is 1.68 bits per heavy atom. The number of rotatable bonds is 4. The van der Waals surface area contributed by atoms with Gasteiger partial charge in [-0.1, -0.05) is 41.7 Å². The van der Waals surface area contributed by atoms with Gasteiger partial charge in [0.25, 0.3) is 5.91 Å². The van der Waals surface area contributed by atoms with Gasteiger partial charge in [-0.25, -0.2) is 9.97 Å². The van der Waals surface area contributed by atoms with E-state index in [0.717, 1.165) is 45.5 Å².